The van der Waals surface area contributed by atoms with Gasteiger partial charge in [0.2, 0.25) is 10.0 Å². The second-order valence-corrected chi connectivity index (χ2v) is 7.71. The molecule has 1 aromatic heterocycles. The van der Waals surface area contributed by atoms with Gasteiger partial charge in [0.15, 0.2) is 0 Å². The van der Waals surface area contributed by atoms with Gasteiger partial charge in [-0.1, -0.05) is 24.7 Å². The number of hydrogen-bond acceptors (Lipinski definition) is 4. The topological polar surface area (TPSA) is 66.4 Å². The van der Waals surface area contributed by atoms with E-state index in [2.05, 4.69) is 16.6 Å². The fourth-order valence-electron chi connectivity index (χ4n) is 2.15. The lowest BCUT2D eigenvalue weighted by Crippen LogP contribution is -2.31. The second kappa shape index (κ2) is 6.53. The van der Waals surface area contributed by atoms with E-state index in [9.17, 15) is 8.42 Å². The molecule has 0 aliphatic heterocycles. The second-order valence-electron chi connectivity index (χ2n) is 4.50. The van der Waals surface area contributed by atoms with Gasteiger partial charge in [-0.2, -0.15) is 0 Å². The van der Waals surface area contributed by atoms with Crippen LogP contribution in [-0.2, 0) is 16.6 Å². The van der Waals surface area contributed by atoms with Crippen LogP contribution in [0.15, 0.2) is 12.1 Å². The molecule has 1 aliphatic rings. The summed E-state index contributed by atoms with van der Waals surface area (Å²) < 4.78 is 26.7. The standard InChI is InChI=1S/C13H17NO3S2/c15-9-3-4-11-7-8-12(18-11)10-14-19(16,17)13-5-1-2-6-13/h7-8,13-15H,1-2,5-6,9-10H2. The number of aliphatic hydroxyl groups is 1. The van der Waals surface area contributed by atoms with Gasteiger partial charge in [-0.15, -0.1) is 11.3 Å². The van der Waals surface area contributed by atoms with Gasteiger partial charge < -0.3 is 5.11 Å². The zero-order valence-corrected chi connectivity index (χ0v) is 12.2. The van der Waals surface area contributed by atoms with E-state index in [1.807, 2.05) is 12.1 Å². The number of nitrogens with one attached hydrogen (secondary N) is 1. The highest BCUT2D eigenvalue weighted by atomic mass is 32.2. The third-order valence-electron chi connectivity index (χ3n) is 3.14. The maximum Gasteiger partial charge on any atom is 0.214 e. The lowest BCUT2D eigenvalue weighted by Gasteiger charge is -2.11. The van der Waals surface area contributed by atoms with E-state index >= 15 is 0 Å². The summed E-state index contributed by atoms with van der Waals surface area (Å²) in [4.78, 5) is 1.77. The van der Waals surface area contributed by atoms with Crippen molar-refractivity contribution in [3.63, 3.8) is 0 Å². The molecule has 19 heavy (non-hydrogen) atoms. The molecule has 0 radical (unpaired) electrons. The van der Waals surface area contributed by atoms with Crippen LogP contribution in [0.3, 0.4) is 0 Å². The summed E-state index contributed by atoms with van der Waals surface area (Å²) in [5, 5.41) is 8.38. The maximum atomic E-state index is 12.0. The summed E-state index contributed by atoms with van der Waals surface area (Å²) in [7, 11) is -3.19. The molecule has 6 heteroatoms. The number of sulfonamides is 1. The summed E-state index contributed by atoms with van der Waals surface area (Å²) >= 11 is 1.44. The van der Waals surface area contributed by atoms with Crippen molar-refractivity contribution < 1.29 is 13.5 Å². The summed E-state index contributed by atoms with van der Waals surface area (Å²) in [6, 6.07) is 3.70. The highest BCUT2D eigenvalue weighted by Crippen LogP contribution is 2.24. The lowest BCUT2D eigenvalue weighted by atomic mass is 10.4. The first-order valence-corrected chi connectivity index (χ1v) is 8.65. The quantitative estimate of drug-likeness (QED) is 0.827. The molecule has 1 aliphatic carbocycles. The predicted molar refractivity (Wildman–Crippen MR) is 76.3 cm³/mol. The lowest BCUT2D eigenvalue weighted by molar-refractivity contribution is 0.350. The molecule has 0 spiro atoms. The van der Waals surface area contributed by atoms with E-state index in [1.54, 1.807) is 0 Å². The molecule has 1 fully saturated rings. The molecular weight excluding hydrogens is 282 g/mol. The van der Waals surface area contributed by atoms with Crippen molar-refractivity contribution in [2.24, 2.45) is 0 Å². The van der Waals surface area contributed by atoms with Crippen LogP contribution in [0.5, 0.6) is 0 Å². The van der Waals surface area contributed by atoms with Gasteiger partial charge in [-0.25, -0.2) is 13.1 Å². The summed E-state index contributed by atoms with van der Waals surface area (Å²) in [5.41, 5.74) is 0. The van der Waals surface area contributed by atoms with Crippen molar-refractivity contribution in [3.05, 3.63) is 21.9 Å². The van der Waals surface area contributed by atoms with Crippen LogP contribution < -0.4 is 4.72 Å². The third-order valence-corrected chi connectivity index (χ3v) is 6.04. The Morgan fingerprint density at radius 1 is 1.37 bits per heavy atom. The van der Waals surface area contributed by atoms with Gasteiger partial charge >= 0.3 is 0 Å². The van der Waals surface area contributed by atoms with Gasteiger partial charge in [-0.3, -0.25) is 0 Å². The van der Waals surface area contributed by atoms with E-state index < -0.39 is 10.0 Å². The SMILES string of the molecule is O=S(=O)(NCc1ccc(C#CCO)s1)C1CCCC1. The molecule has 0 aromatic carbocycles. The zero-order chi connectivity index (χ0) is 13.7. The first-order valence-electron chi connectivity index (χ1n) is 6.29. The molecule has 1 heterocycles. The van der Waals surface area contributed by atoms with Gasteiger partial charge in [0, 0.05) is 11.4 Å². The molecule has 104 valence electrons. The molecule has 4 nitrogen and oxygen atoms in total. The Labute approximate surface area is 117 Å². The fraction of sp³-hybridized carbons (Fsp3) is 0.538. The van der Waals surface area contributed by atoms with Crippen molar-refractivity contribution in [3.8, 4) is 11.8 Å². The Morgan fingerprint density at radius 2 is 2.11 bits per heavy atom. The van der Waals surface area contributed by atoms with Gasteiger partial charge in [-0.05, 0) is 25.0 Å². The maximum absolute atomic E-state index is 12.0. The normalized spacial score (nSPS) is 16.3. The van der Waals surface area contributed by atoms with Crippen LogP contribution in [0.4, 0.5) is 0 Å². The van der Waals surface area contributed by atoms with Crippen molar-refractivity contribution in [1.29, 1.82) is 0 Å². The Balaban J connectivity index is 1.93. The fourth-order valence-corrected chi connectivity index (χ4v) is 4.61. The third kappa shape index (κ3) is 4.05. The molecule has 1 saturated carbocycles. The Bertz CT molecular complexity index is 575. The number of aliphatic hydroxyl groups excluding tert-OH is 1. The molecule has 1 aromatic rings. The Kier molecular flexibility index (Phi) is 4.99. The zero-order valence-electron chi connectivity index (χ0n) is 10.6. The van der Waals surface area contributed by atoms with Crippen LogP contribution in [0.25, 0.3) is 0 Å². The van der Waals surface area contributed by atoms with Crippen LogP contribution in [-0.4, -0.2) is 25.4 Å². The average molecular weight is 299 g/mol. The van der Waals surface area contributed by atoms with E-state index in [1.165, 1.54) is 11.3 Å². The molecule has 0 unspecified atom stereocenters. The minimum atomic E-state index is -3.19. The minimum Gasteiger partial charge on any atom is -0.384 e. The average Bonchev–Trinajstić information content (AvgIpc) is 3.05. The molecule has 2 N–H and O–H groups in total. The van der Waals surface area contributed by atoms with Crippen LogP contribution >= 0.6 is 11.3 Å². The van der Waals surface area contributed by atoms with E-state index in [0.717, 1.165) is 35.4 Å². The van der Waals surface area contributed by atoms with Crippen LogP contribution in [0.2, 0.25) is 0 Å². The van der Waals surface area contributed by atoms with Crippen molar-refractivity contribution >= 4 is 21.4 Å². The molecular formula is C13H17NO3S2. The van der Waals surface area contributed by atoms with E-state index in [-0.39, 0.29) is 11.9 Å². The number of rotatable bonds is 4. The van der Waals surface area contributed by atoms with E-state index in [0.29, 0.717) is 6.54 Å². The van der Waals surface area contributed by atoms with Crippen LogP contribution in [0.1, 0.15) is 35.4 Å². The van der Waals surface area contributed by atoms with Gasteiger partial charge in [0.1, 0.15) is 6.61 Å². The highest BCUT2D eigenvalue weighted by Gasteiger charge is 2.28. The molecule has 0 bridgehead atoms. The summed E-state index contributed by atoms with van der Waals surface area (Å²) in [6.07, 6.45) is 3.55. The van der Waals surface area contributed by atoms with E-state index in [4.69, 9.17) is 5.11 Å². The Morgan fingerprint density at radius 3 is 2.79 bits per heavy atom. The van der Waals surface area contributed by atoms with Crippen molar-refractivity contribution in [2.75, 3.05) is 6.61 Å². The summed E-state index contributed by atoms with van der Waals surface area (Å²) in [6.45, 7) is 0.159. The van der Waals surface area contributed by atoms with Crippen molar-refractivity contribution in [2.45, 2.75) is 37.5 Å². The largest absolute Gasteiger partial charge is 0.384 e. The number of thiophene rings is 1. The van der Waals surface area contributed by atoms with Crippen molar-refractivity contribution in [1.82, 2.24) is 4.72 Å². The summed E-state index contributed by atoms with van der Waals surface area (Å²) in [5.74, 6) is 5.38. The first kappa shape index (κ1) is 14.5. The first-order chi connectivity index (χ1) is 9.12. The molecule has 0 saturated heterocycles. The Hall–Kier alpha value is -0.870. The highest BCUT2D eigenvalue weighted by molar-refractivity contribution is 7.90. The van der Waals surface area contributed by atoms with Gasteiger partial charge in [0.25, 0.3) is 0 Å². The molecule has 0 amide bonds. The predicted octanol–water partition coefficient (Wildman–Crippen LogP) is 1.45. The molecule has 0 atom stereocenters. The van der Waals surface area contributed by atoms with Gasteiger partial charge in [0.05, 0.1) is 10.1 Å². The van der Waals surface area contributed by atoms with Crippen LogP contribution in [0, 0.1) is 11.8 Å². The number of hydrogen-bond donors (Lipinski definition) is 2. The minimum absolute atomic E-state index is 0.165. The smallest absolute Gasteiger partial charge is 0.214 e. The molecule has 2 rings (SSSR count). The monoisotopic (exact) mass is 299 g/mol.